The first kappa shape index (κ1) is 19.4. The molecule has 1 rings (SSSR count). The zero-order chi connectivity index (χ0) is 16.9. The molecule has 10 heteroatoms. The van der Waals surface area contributed by atoms with Crippen LogP contribution in [-0.2, 0) is 0 Å². The van der Waals surface area contributed by atoms with Crippen molar-refractivity contribution in [3.8, 4) is 0 Å². The van der Waals surface area contributed by atoms with Crippen molar-refractivity contribution in [1.29, 1.82) is 0 Å². The van der Waals surface area contributed by atoms with Crippen LogP contribution in [0.25, 0.3) is 0 Å². The highest BCUT2D eigenvalue weighted by Crippen LogP contribution is 2.29. The van der Waals surface area contributed by atoms with Crippen LogP contribution in [0, 0.1) is 0 Å². The Bertz CT molecular complexity index is 533. The molecule has 5 nitrogen and oxygen atoms in total. The van der Waals surface area contributed by atoms with Crippen LogP contribution >= 0.6 is 58.6 Å². The lowest BCUT2D eigenvalue weighted by molar-refractivity contribution is 0.212. The average molecular weight is 404 g/mol. The van der Waals surface area contributed by atoms with Crippen molar-refractivity contribution in [1.82, 2.24) is 15.5 Å². The molecule has 2 amide bonds. The number of alkyl halides is 3. The van der Waals surface area contributed by atoms with Crippen molar-refractivity contribution in [2.45, 2.75) is 9.96 Å². The third-order valence-corrected chi connectivity index (χ3v) is 3.51. The molecule has 0 heterocycles. The number of carbonyl (C=O) groups excluding carboxylic acids is 1. The lowest BCUT2D eigenvalue weighted by Gasteiger charge is -2.28. The van der Waals surface area contributed by atoms with Crippen LogP contribution in [0.15, 0.2) is 24.3 Å². The number of hydrogen-bond acceptors (Lipinski definition) is 2. The summed E-state index contributed by atoms with van der Waals surface area (Å²) in [5, 5.41) is 8.92. The van der Waals surface area contributed by atoms with Crippen molar-refractivity contribution < 1.29 is 4.79 Å². The molecule has 0 aliphatic heterocycles. The van der Waals surface area contributed by atoms with Crippen LogP contribution in [0.4, 0.5) is 10.5 Å². The van der Waals surface area contributed by atoms with Crippen LogP contribution in [0.2, 0.25) is 5.02 Å². The normalized spacial score (nSPS) is 12.3. The van der Waals surface area contributed by atoms with Crippen molar-refractivity contribution in [2.75, 3.05) is 19.4 Å². The van der Waals surface area contributed by atoms with E-state index in [-0.39, 0.29) is 5.11 Å². The van der Waals surface area contributed by atoms with Gasteiger partial charge in [0.15, 0.2) is 11.3 Å². The van der Waals surface area contributed by atoms with Gasteiger partial charge in [0.1, 0.15) is 0 Å². The Hall–Kier alpha value is -0.660. The van der Waals surface area contributed by atoms with E-state index in [2.05, 4.69) is 16.0 Å². The van der Waals surface area contributed by atoms with Gasteiger partial charge < -0.3 is 20.9 Å². The third-order valence-electron chi connectivity index (χ3n) is 2.38. The maximum atomic E-state index is 11.7. The minimum Gasteiger partial charge on any atom is -0.339 e. The van der Waals surface area contributed by atoms with E-state index in [0.717, 1.165) is 0 Å². The van der Waals surface area contributed by atoms with Gasteiger partial charge in [0.05, 0.1) is 0 Å². The van der Waals surface area contributed by atoms with Gasteiger partial charge in [-0.15, -0.1) is 0 Å². The Morgan fingerprint density at radius 1 is 1.18 bits per heavy atom. The second-order valence-corrected chi connectivity index (χ2v) is 7.64. The second-order valence-electron chi connectivity index (χ2n) is 4.42. The smallest absolute Gasteiger partial charge is 0.318 e. The average Bonchev–Trinajstić information content (AvgIpc) is 2.39. The highest BCUT2D eigenvalue weighted by molar-refractivity contribution is 7.80. The number of hydrogen-bond donors (Lipinski definition) is 3. The van der Waals surface area contributed by atoms with E-state index in [4.69, 9.17) is 58.6 Å². The van der Waals surface area contributed by atoms with Crippen molar-refractivity contribution >= 4 is 75.5 Å². The minimum atomic E-state index is -1.79. The Balaban J connectivity index is 2.70. The Labute approximate surface area is 154 Å². The number of anilines is 1. The topological polar surface area (TPSA) is 56.4 Å². The molecule has 0 saturated heterocycles. The molecule has 0 unspecified atom stereocenters. The lowest BCUT2D eigenvalue weighted by atomic mass is 10.3. The van der Waals surface area contributed by atoms with E-state index >= 15 is 0 Å². The molecular formula is C12H14Cl4N4OS. The monoisotopic (exact) mass is 402 g/mol. The van der Waals surface area contributed by atoms with Crippen molar-refractivity contribution in [3.05, 3.63) is 29.3 Å². The number of halogens is 4. The van der Waals surface area contributed by atoms with E-state index in [0.29, 0.717) is 10.7 Å². The number of nitrogens with one attached hydrogen (secondary N) is 3. The molecule has 0 radical (unpaired) electrons. The summed E-state index contributed by atoms with van der Waals surface area (Å²) in [6, 6.07) is 6.44. The van der Waals surface area contributed by atoms with Crippen LogP contribution in [0.1, 0.15) is 0 Å². The zero-order valence-electron chi connectivity index (χ0n) is 11.7. The van der Waals surface area contributed by atoms with Gasteiger partial charge in [-0.05, 0) is 36.5 Å². The van der Waals surface area contributed by atoms with Crippen LogP contribution < -0.4 is 16.0 Å². The molecule has 0 bridgehead atoms. The molecule has 22 heavy (non-hydrogen) atoms. The number of benzene rings is 1. The second kappa shape index (κ2) is 8.26. The fourth-order valence-corrected chi connectivity index (χ4v) is 1.97. The first-order valence-corrected chi connectivity index (χ1v) is 7.89. The molecule has 0 saturated carbocycles. The fourth-order valence-electron chi connectivity index (χ4n) is 1.28. The van der Waals surface area contributed by atoms with E-state index < -0.39 is 16.0 Å². The lowest BCUT2D eigenvalue weighted by Crippen LogP contribution is -2.57. The summed E-state index contributed by atoms with van der Waals surface area (Å²) >= 11 is 28.5. The van der Waals surface area contributed by atoms with Gasteiger partial charge >= 0.3 is 6.03 Å². The molecule has 0 aliphatic rings. The SMILES string of the molecule is CN(C)C(=O)N[C@H](NC(=S)Nc1ccc(Cl)cc1)C(Cl)(Cl)Cl. The molecular weight excluding hydrogens is 390 g/mol. The fraction of sp³-hybridized carbons (Fsp3) is 0.333. The maximum absolute atomic E-state index is 11.7. The largest absolute Gasteiger partial charge is 0.339 e. The molecule has 1 aromatic rings. The van der Waals surface area contributed by atoms with Gasteiger partial charge in [-0.2, -0.15) is 0 Å². The molecule has 0 aliphatic carbocycles. The summed E-state index contributed by atoms with van der Waals surface area (Å²) in [7, 11) is 3.13. The number of thiocarbonyl (C=S) groups is 1. The van der Waals surface area contributed by atoms with Gasteiger partial charge in [0, 0.05) is 24.8 Å². The van der Waals surface area contributed by atoms with E-state index in [9.17, 15) is 4.79 Å². The summed E-state index contributed by atoms with van der Waals surface area (Å²) in [4.78, 5) is 13.0. The predicted molar refractivity (Wildman–Crippen MR) is 97.1 cm³/mol. The van der Waals surface area contributed by atoms with Crippen LogP contribution in [0.3, 0.4) is 0 Å². The molecule has 1 atom stereocenters. The van der Waals surface area contributed by atoms with Crippen molar-refractivity contribution in [3.63, 3.8) is 0 Å². The molecule has 3 N–H and O–H groups in total. The molecule has 1 aromatic carbocycles. The predicted octanol–water partition coefficient (Wildman–Crippen LogP) is 3.59. The molecule has 122 valence electrons. The van der Waals surface area contributed by atoms with E-state index in [1.165, 1.54) is 4.90 Å². The summed E-state index contributed by atoms with van der Waals surface area (Å²) in [6.45, 7) is 0. The molecule has 0 aromatic heterocycles. The zero-order valence-corrected chi connectivity index (χ0v) is 15.5. The quantitative estimate of drug-likeness (QED) is 0.410. The first-order valence-electron chi connectivity index (χ1n) is 5.97. The first-order chi connectivity index (χ1) is 10.1. The highest BCUT2D eigenvalue weighted by Gasteiger charge is 2.35. The van der Waals surface area contributed by atoms with E-state index in [1.54, 1.807) is 38.4 Å². The summed E-state index contributed by atoms with van der Waals surface area (Å²) in [5.74, 6) is 0. The van der Waals surface area contributed by atoms with E-state index in [1.807, 2.05) is 0 Å². The third kappa shape index (κ3) is 6.62. The molecule has 0 spiro atoms. The van der Waals surface area contributed by atoms with Gasteiger partial charge in [-0.3, -0.25) is 0 Å². The van der Waals surface area contributed by atoms with Gasteiger partial charge in [-0.25, -0.2) is 4.79 Å². The Morgan fingerprint density at radius 2 is 1.73 bits per heavy atom. The van der Waals surface area contributed by atoms with Gasteiger partial charge in [0.2, 0.25) is 3.79 Å². The number of urea groups is 1. The standard InChI is InChI=1S/C12H14Cl4N4OS/c1-20(2)11(21)19-9(12(14,15)16)18-10(22)17-8-5-3-7(13)4-6-8/h3-6,9H,1-2H3,(H,19,21)(H2,17,18,22)/t9-/m0/s1. The van der Waals surface area contributed by atoms with Crippen LogP contribution in [0.5, 0.6) is 0 Å². The molecule has 0 fully saturated rings. The van der Waals surface area contributed by atoms with Crippen LogP contribution in [-0.4, -0.2) is 40.1 Å². The number of carbonyl (C=O) groups is 1. The maximum Gasteiger partial charge on any atom is 0.318 e. The Morgan fingerprint density at radius 3 is 2.18 bits per heavy atom. The highest BCUT2D eigenvalue weighted by atomic mass is 35.6. The number of amides is 2. The summed E-state index contributed by atoms with van der Waals surface area (Å²) in [6.07, 6.45) is -1.01. The summed E-state index contributed by atoms with van der Waals surface area (Å²) in [5.41, 5.74) is 0.698. The minimum absolute atomic E-state index is 0.178. The number of rotatable bonds is 3. The van der Waals surface area contributed by atoms with Gasteiger partial charge in [0.25, 0.3) is 0 Å². The number of nitrogens with zero attached hydrogens (tertiary/aromatic N) is 1. The van der Waals surface area contributed by atoms with Crippen molar-refractivity contribution in [2.24, 2.45) is 0 Å². The summed E-state index contributed by atoms with van der Waals surface area (Å²) < 4.78 is -1.79. The van der Waals surface area contributed by atoms with Gasteiger partial charge in [-0.1, -0.05) is 46.4 Å². The Kier molecular flexibility index (Phi) is 7.28.